The van der Waals surface area contributed by atoms with Gasteiger partial charge in [0.15, 0.2) is 8.07 Å². The van der Waals surface area contributed by atoms with Gasteiger partial charge in [-0.3, -0.25) is 0 Å². The molecule has 0 aliphatic carbocycles. The Hall–Kier alpha value is -3.22. The number of hydrogen-bond donors (Lipinski definition) is 0. The van der Waals surface area contributed by atoms with E-state index in [9.17, 15) is 0 Å². The van der Waals surface area contributed by atoms with Crippen molar-refractivity contribution in [2.24, 2.45) is 0 Å². The highest BCUT2D eigenvalue weighted by Gasteiger charge is 2.45. The zero-order valence-electron chi connectivity index (χ0n) is 52.3. The first kappa shape index (κ1) is 62.3. The Morgan fingerprint density at radius 1 is 0.205 bits per heavy atom. The lowest BCUT2D eigenvalue weighted by Gasteiger charge is -2.39. The number of hydrogen-bond acceptors (Lipinski definition) is 0. The largest absolute Gasteiger partial charge is 0.325 e. The summed E-state index contributed by atoms with van der Waals surface area (Å²) in [6.07, 6.45) is 0. The van der Waals surface area contributed by atoms with Gasteiger partial charge in [0.05, 0.1) is 165 Å². The van der Waals surface area contributed by atoms with Crippen LogP contribution in [-0.2, 0) is 52.4 Å². The molecule has 9 heteroatoms. The second-order valence-electron chi connectivity index (χ2n) is 28.2. The Balaban J connectivity index is 2.58. The van der Waals surface area contributed by atoms with Crippen LogP contribution in [0.4, 0.5) is 0 Å². The lowest BCUT2D eigenvalue weighted by molar-refractivity contribution is -0.902. The number of nitrogens with zero attached hydrogens (tertiary/aromatic N) is 8. The molecular weight excluding hydrogens is 909 g/mol. The van der Waals surface area contributed by atoms with Crippen molar-refractivity contribution in [1.82, 2.24) is 0 Å². The Morgan fingerprint density at radius 3 is 0.411 bits per heavy atom. The molecule has 4 rings (SSSR count). The molecule has 0 unspecified atom stereocenters. The van der Waals surface area contributed by atoms with Crippen LogP contribution < -0.4 is 20.7 Å². The minimum atomic E-state index is -3.29. The molecule has 0 aliphatic heterocycles. The Labute approximate surface area is 452 Å². The second-order valence-corrected chi connectivity index (χ2v) is 32.0. The first-order chi connectivity index (χ1) is 33.5. The van der Waals surface area contributed by atoms with E-state index in [1.165, 1.54) is 65.3 Å². The molecular formula is C64H116N8Si+8. The topological polar surface area (TPSA) is 0 Å². The molecule has 4 aromatic carbocycles. The van der Waals surface area contributed by atoms with E-state index in [2.05, 4.69) is 241 Å². The van der Waals surface area contributed by atoms with Crippen LogP contribution in [0.15, 0.2) is 72.8 Å². The van der Waals surface area contributed by atoms with Crippen molar-refractivity contribution < 1.29 is 35.9 Å². The highest BCUT2D eigenvalue weighted by Crippen LogP contribution is 2.26. The number of quaternary nitrogens is 8. The lowest BCUT2D eigenvalue weighted by atomic mass is 10.1. The maximum absolute atomic E-state index is 3.29. The SMILES string of the molecule is CC[N+](C)(C)Cc1cc(C[N+](C)(C)CC)cc([Si](c2cc(C[N+](C)(C)CC)cc(C[N+](C)(C)CC)c2)(c2cc(C[N+](C)(C)CC)cc(C[N+](C)(C)CC)c2)c2cc(C[N+](C)(C)CC)cc(C[N+](C)(C)CC)c2)c1. The predicted octanol–water partition coefficient (Wildman–Crippen LogP) is 7.83. The van der Waals surface area contributed by atoms with E-state index in [4.69, 9.17) is 0 Å². The highest BCUT2D eigenvalue weighted by atomic mass is 28.3. The van der Waals surface area contributed by atoms with Crippen molar-refractivity contribution in [2.45, 2.75) is 108 Å². The van der Waals surface area contributed by atoms with Gasteiger partial charge in [-0.2, -0.15) is 0 Å². The van der Waals surface area contributed by atoms with E-state index < -0.39 is 8.07 Å². The molecule has 0 saturated heterocycles. The first-order valence-corrected chi connectivity index (χ1v) is 30.6. The fourth-order valence-corrected chi connectivity index (χ4v) is 15.7. The predicted molar refractivity (Wildman–Crippen MR) is 321 cm³/mol. The summed E-state index contributed by atoms with van der Waals surface area (Å²) < 4.78 is 7.54. The standard InChI is InChI=1S/C64H116N8Si/c1-25-65(9,10)45-53-33-54(46-66(11,12)26-2)38-61(37-53)73(62-39-55(47-67(13,14)27-3)34-56(40-62)48-68(15,16)28-4,63-41-57(49-69(17,18)29-5)35-58(42-63)50-70(19,20)30-6)64-43-59(51-71(21,22)31-7)36-60(44-64)52-72(23,24)32-8/h33-44H,25-32,45-52H2,1-24H3/q+8. The fraction of sp³-hybridized carbons (Fsp3) is 0.625. The summed E-state index contributed by atoms with van der Waals surface area (Å²) in [6.45, 7) is 35.4. The lowest BCUT2D eigenvalue weighted by Crippen LogP contribution is -2.75. The van der Waals surface area contributed by atoms with Crippen molar-refractivity contribution in [3.8, 4) is 0 Å². The zero-order chi connectivity index (χ0) is 55.2. The average Bonchev–Trinajstić information content (AvgIpc) is 3.28. The summed E-state index contributed by atoms with van der Waals surface area (Å²) in [5.41, 5.74) is 11.7. The Morgan fingerprint density at radius 2 is 0.315 bits per heavy atom. The van der Waals surface area contributed by atoms with Crippen LogP contribution in [0.3, 0.4) is 0 Å². The summed E-state index contributed by atoms with van der Waals surface area (Å²) in [4.78, 5) is 0. The normalized spacial score (nSPS) is 13.8. The molecule has 0 aliphatic rings. The van der Waals surface area contributed by atoms with E-state index in [1.807, 2.05) is 0 Å². The van der Waals surface area contributed by atoms with Gasteiger partial charge in [0.1, 0.15) is 52.4 Å². The third-order valence-corrected chi connectivity index (χ3v) is 22.3. The van der Waals surface area contributed by atoms with Crippen molar-refractivity contribution in [3.63, 3.8) is 0 Å². The van der Waals surface area contributed by atoms with Crippen molar-refractivity contribution >= 4 is 28.8 Å². The first-order valence-electron chi connectivity index (χ1n) is 28.6. The molecule has 0 aromatic heterocycles. The summed E-state index contributed by atoms with van der Waals surface area (Å²) >= 11 is 0. The highest BCUT2D eigenvalue weighted by molar-refractivity contribution is 7.20. The van der Waals surface area contributed by atoms with Gasteiger partial charge in [-0.05, 0) is 100 Å². The van der Waals surface area contributed by atoms with Gasteiger partial charge in [-0.25, -0.2) is 0 Å². The molecule has 0 spiro atoms. The van der Waals surface area contributed by atoms with Crippen molar-refractivity contribution in [1.29, 1.82) is 0 Å². The third-order valence-electron chi connectivity index (χ3n) is 17.7. The molecule has 73 heavy (non-hydrogen) atoms. The zero-order valence-corrected chi connectivity index (χ0v) is 53.3. The van der Waals surface area contributed by atoms with Crippen LogP contribution in [0.1, 0.15) is 99.9 Å². The molecule has 0 atom stereocenters. The van der Waals surface area contributed by atoms with Gasteiger partial charge in [0.2, 0.25) is 0 Å². The maximum Gasteiger partial charge on any atom is 0.179 e. The quantitative estimate of drug-likeness (QED) is 0.0310. The van der Waals surface area contributed by atoms with Crippen molar-refractivity contribution in [3.05, 3.63) is 117 Å². The molecule has 0 fully saturated rings. The van der Waals surface area contributed by atoms with E-state index in [0.717, 1.165) is 141 Å². The van der Waals surface area contributed by atoms with Crippen LogP contribution in [0, 0.1) is 0 Å². The second kappa shape index (κ2) is 24.0. The van der Waals surface area contributed by atoms with Crippen LogP contribution in [0.25, 0.3) is 0 Å². The third kappa shape index (κ3) is 17.4. The molecule has 0 saturated carbocycles. The van der Waals surface area contributed by atoms with Gasteiger partial charge in [-0.15, -0.1) is 0 Å². The molecule has 4 aromatic rings. The molecule has 408 valence electrons. The molecule has 0 N–H and O–H groups in total. The summed E-state index contributed by atoms with van der Waals surface area (Å²) in [5, 5.41) is 6.16. The monoisotopic (exact) mass is 1020 g/mol. The Kier molecular flexibility index (Phi) is 20.5. The van der Waals surface area contributed by atoms with Crippen LogP contribution in [-0.4, -0.2) is 209 Å². The van der Waals surface area contributed by atoms with Gasteiger partial charge in [0, 0.05) is 44.5 Å². The smallest absolute Gasteiger partial charge is 0.179 e. The van der Waals surface area contributed by atoms with E-state index in [-0.39, 0.29) is 0 Å². The fourth-order valence-electron chi connectivity index (χ4n) is 10.5. The van der Waals surface area contributed by atoms with E-state index >= 15 is 0 Å². The summed E-state index contributed by atoms with van der Waals surface area (Å²) in [7, 11) is 35.5. The maximum atomic E-state index is 2.75. The minimum Gasteiger partial charge on any atom is -0.325 e. The summed E-state index contributed by atoms with van der Waals surface area (Å²) in [5.74, 6) is 0. The van der Waals surface area contributed by atoms with Gasteiger partial charge in [0.25, 0.3) is 0 Å². The number of benzene rings is 4. The van der Waals surface area contributed by atoms with Crippen molar-refractivity contribution in [2.75, 3.05) is 165 Å². The van der Waals surface area contributed by atoms with Gasteiger partial charge >= 0.3 is 0 Å². The molecule has 0 bridgehead atoms. The van der Waals surface area contributed by atoms with E-state index in [0.29, 0.717) is 0 Å². The van der Waals surface area contributed by atoms with Gasteiger partial charge in [-0.1, -0.05) is 48.5 Å². The van der Waals surface area contributed by atoms with Crippen LogP contribution in [0.2, 0.25) is 0 Å². The Bertz CT molecular complexity index is 1960. The average molecular weight is 1030 g/mol. The van der Waals surface area contributed by atoms with Crippen LogP contribution >= 0.6 is 0 Å². The minimum absolute atomic E-state index is 0.943. The number of rotatable bonds is 28. The van der Waals surface area contributed by atoms with E-state index in [1.54, 1.807) is 0 Å². The van der Waals surface area contributed by atoms with Crippen LogP contribution in [0.5, 0.6) is 0 Å². The molecule has 0 heterocycles. The molecule has 0 amide bonds. The molecule has 0 radical (unpaired) electrons. The summed E-state index contributed by atoms with van der Waals surface area (Å²) in [6, 6.07) is 32.4. The van der Waals surface area contributed by atoms with Gasteiger partial charge < -0.3 is 35.9 Å². The molecule has 8 nitrogen and oxygen atoms in total.